The molecule has 0 bridgehead atoms. The van der Waals surface area contributed by atoms with Gasteiger partial charge in [-0.25, -0.2) is 8.42 Å². The standard InChI is InChI=1S/C12H13N3O4S/c1-19-12(16)8-20(17,18)15-10-4-2-3-9(7-10)11-5-6-13-14-11/h2-7,15H,8H2,1H3,(H,13,14). The molecule has 0 aliphatic heterocycles. The van der Waals surface area contributed by atoms with Gasteiger partial charge in [-0.15, -0.1) is 0 Å². The first-order valence-electron chi connectivity index (χ1n) is 5.67. The fourth-order valence-corrected chi connectivity index (χ4v) is 2.58. The lowest BCUT2D eigenvalue weighted by molar-refractivity contribution is -0.137. The minimum atomic E-state index is -3.78. The molecule has 0 aliphatic rings. The third kappa shape index (κ3) is 3.58. The molecule has 106 valence electrons. The van der Waals surface area contributed by atoms with E-state index in [1.54, 1.807) is 30.5 Å². The number of nitrogens with one attached hydrogen (secondary N) is 2. The molecule has 0 saturated carbocycles. The number of hydrogen-bond donors (Lipinski definition) is 2. The second kappa shape index (κ2) is 5.74. The second-order valence-corrected chi connectivity index (χ2v) is 5.71. The molecule has 7 nitrogen and oxygen atoms in total. The van der Waals surface area contributed by atoms with Crippen molar-refractivity contribution in [2.45, 2.75) is 0 Å². The van der Waals surface area contributed by atoms with E-state index in [4.69, 9.17) is 0 Å². The highest BCUT2D eigenvalue weighted by molar-refractivity contribution is 7.93. The zero-order valence-electron chi connectivity index (χ0n) is 10.7. The van der Waals surface area contributed by atoms with E-state index in [0.29, 0.717) is 5.69 Å². The molecule has 0 spiro atoms. The van der Waals surface area contributed by atoms with Gasteiger partial charge >= 0.3 is 5.97 Å². The van der Waals surface area contributed by atoms with E-state index in [1.807, 2.05) is 6.07 Å². The second-order valence-electron chi connectivity index (χ2n) is 3.99. The van der Waals surface area contributed by atoms with E-state index in [-0.39, 0.29) is 0 Å². The van der Waals surface area contributed by atoms with Gasteiger partial charge in [0.25, 0.3) is 0 Å². The van der Waals surface area contributed by atoms with Crippen molar-refractivity contribution in [3.8, 4) is 11.3 Å². The first kappa shape index (κ1) is 14.1. The number of aromatic amines is 1. The third-order valence-electron chi connectivity index (χ3n) is 2.48. The predicted molar refractivity (Wildman–Crippen MR) is 73.4 cm³/mol. The van der Waals surface area contributed by atoms with Crippen LogP contribution in [0.1, 0.15) is 0 Å². The zero-order valence-corrected chi connectivity index (χ0v) is 11.5. The van der Waals surface area contributed by atoms with Gasteiger partial charge in [0.15, 0.2) is 5.75 Å². The summed E-state index contributed by atoms with van der Waals surface area (Å²) in [6.45, 7) is 0. The molecule has 0 fully saturated rings. The molecule has 0 aliphatic carbocycles. The fourth-order valence-electron chi connectivity index (χ4n) is 1.60. The van der Waals surface area contributed by atoms with Crippen LogP contribution in [0.5, 0.6) is 0 Å². The molecule has 0 radical (unpaired) electrons. The lowest BCUT2D eigenvalue weighted by Gasteiger charge is -2.08. The molecule has 2 aromatic rings. The Morgan fingerprint density at radius 3 is 2.85 bits per heavy atom. The maximum atomic E-state index is 11.7. The van der Waals surface area contributed by atoms with Gasteiger partial charge in [0.1, 0.15) is 0 Å². The smallest absolute Gasteiger partial charge is 0.322 e. The Balaban J connectivity index is 2.18. The van der Waals surface area contributed by atoms with Crippen LogP contribution in [0.2, 0.25) is 0 Å². The molecule has 0 saturated heterocycles. The number of anilines is 1. The minimum Gasteiger partial charge on any atom is -0.468 e. The van der Waals surface area contributed by atoms with Gasteiger partial charge < -0.3 is 4.74 Å². The average Bonchev–Trinajstić information content (AvgIpc) is 2.91. The molecule has 2 rings (SSSR count). The summed E-state index contributed by atoms with van der Waals surface area (Å²) in [5.74, 6) is -1.54. The maximum Gasteiger partial charge on any atom is 0.322 e. The highest BCUT2D eigenvalue weighted by Gasteiger charge is 2.17. The summed E-state index contributed by atoms with van der Waals surface area (Å²) in [5.41, 5.74) is 1.90. The van der Waals surface area contributed by atoms with Crippen LogP contribution in [0.25, 0.3) is 11.3 Å². The van der Waals surface area contributed by atoms with Gasteiger partial charge in [-0.2, -0.15) is 5.10 Å². The number of carbonyl (C=O) groups excluding carboxylic acids is 1. The number of esters is 1. The number of rotatable bonds is 5. The molecular weight excluding hydrogens is 282 g/mol. The topological polar surface area (TPSA) is 101 Å². The largest absolute Gasteiger partial charge is 0.468 e. The van der Waals surface area contributed by atoms with E-state index in [2.05, 4.69) is 19.7 Å². The summed E-state index contributed by atoms with van der Waals surface area (Å²) in [4.78, 5) is 11.0. The summed E-state index contributed by atoms with van der Waals surface area (Å²) in [6, 6.07) is 8.51. The zero-order chi connectivity index (χ0) is 14.6. The molecule has 20 heavy (non-hydrogen) atoms. The Labute approximate surface area is 116 Å². The minimum absolute atomic E-state index is 0.362. The van der Waals surface area contributed by atoms with Crippen LogP contribution in [0.4, 0.5) is 5.69 Å². The molecule has 1 aromatic heterocycles. The molecule has 0 unspecified atom stereocenters. The van der Waals surface area contributed by atoms with Gasteiger partial charge in [0.2, 0.25) is 10.0 Å². The summed E-state index contributed by atoms with van der Waals surface area (Å²) >= 11 is 0. The van der Waals surface area contributed by atoms with Crippen LogP contribution in [0.3, 0.4) is 0 Å². The van der Waals surface area contributed by atoms with Gasteiger partial charge in [-0.1, -0.05) is 12.1 Å². The predicted octanol–water partition coefficient (Wildman–Crippen LogP) is 0.991. The van der Waals surface area contributed by atoms with Crippen molar-refractivity contribution in [1.29, 1.82) is 0 Å². The van der Waals surface area contributed by atoms with E-state index in [9.17, 15) is 13.2 Å². The van der Waals surface area contributed by atoms with E-state index < -0.39 is 21.7 Å². The number of methoxy groups -OCH3 is 1. The molecule has 8 heteroatoms. The molecule has 1 aromatic carbocycles. The molecule has 1 heterocycles. The van der Waals surface area contributed by atoms with Crippen molar-refractivity contribution in [2.75, 3.05) is 17.6 Å². The number of ether oxygens (including phenoxy) is 1. The van der Waals surface area contributed by atoms with Gasteiger partial charge in [0, 0.05) is 17.4 Å². The monoisotopic (exact) mass is 295 g/mol. The Morgan fingerprint density at radius 2 is 2.20 bits per heavy atom. The van der Waals surface area contributed by atoms with Crippen molar-refractivity contribution in [3.05, 3.63) is 36.5 Å². The molecule has 2 N–H and O–H groups in total. The highest BCUT2D eigenvalue weighted by atomic mass is 32.2. The van der Waals surface area contributed by atoms with E-state index >= 15 is 0 Å². The summed E-state index contributed by atoms with van der Waals surface area (Å²) < 4.78 is 30.1. The summed E-state index contributed by atoms with van der Waals surface area (Å²) in [6.07, 6.45) is 1.60. The molecular formula is C12H13N3O4S. The SMILES string of the molecule is COC(=O)CS(=O)(=O)Nc1cccc(-c2ccn[nH]2)c1. The number of H-pyrrole nitrogens is 1. The summed E-state index contributed by atoms with van der Waals surface area (Å²) in [7, 11) is -2.65. The van der Waals surface area contributed by atoms with Crippen molar-refractivity contribution in [3.63, 3.8) is 0 Å². The number of carbonyl (C=O) groups is 1. The molecule has 0 amide bonds. The van der Waals surface area contributed by atoms with Crippen LogP contribution >= 0.6 is 0 Å². The number of aromatic nitrogens is 2. The number of hydrogen-bond acceptors (Lipinski definition) is 5. The van der Waals surface area contributed by atoms with Crippen molar-refractivity contribution in [1.82, 2.24) is 10.2 Å². The Bertz CT molecular complexity index is 695. The van der Waals surface area contributed by atoms with Crippen LogP contribution in [0.15, 0.2) is 36.5 Å². The van der Waals surface area contributed by atoms with Crippen molar-refractivity contribution >= 4 is 21.7 Å². The maximum absolute atomic E-state index is 11.7. The van der Waals surface area contributed by atoms with Gasteiger partial charge in [-0.3, -0.25) is 14.6 Å². The van der Waals surface area contributed by atoms with E-state index in [0.717, 1.165) is 18.4 Å². The normalized spacial score (nSPS) is 11.1. The lowest BCUT2D eigenvalue weighted by atomic mass is 10.1. The number of benzene rings is 1. The van der Waals surface area contributed by atoms with Crippen LogP contribution in [0, 0.1) is 0 Å². The van der Waals surface area contributed by atoms with Crippen molar-refractivity contribution in [2.24, 2.45) is 0 Å². The number of sulfonamides is 1. The van der Waals surface area contributed by atoms with Gasteiger partial charge in [-0.05, 0) is 18.2 Å². The van der Waals surface area contributed by atoms with Crippen LogP contribution in [-0.2, 0) is 19.6 Å². The van der Waals surface area contributed by atoms with Crippen molar-refractivity contribution < 1.29 is 17.9 Å². The Hall–Kier alpha value is -2.35. The fraction of sp³-hybridized carbons (Fsp3) is 0.167. The van der Waals surface area contributed by atoms with E-state index in [1.165, 1.54) is 0 Å². The first-order chi connectivity index (χ1) is 9.50. The Kier molecular flexibility index (Phi) is 4.04. The molecule has 0 atom stereocenters. The van der Waals surface area contributed by atoms with Crippen LogP contribution < -0.4 is 4.72 Å². The Morgan fingerprint density at radius 1 is 1.40 bits per heavy atom. The van der Waals surface area contributed by atoms with Crippen LogP contribution in [-0.4, -0.2) is 37.4 Å². The average molecular weight is 295 g/mol. The quantitative estimate of drug-likeness (QED) is 0.801. The highest BCUT2D eigenvalue weighted by Crippen LogP contribution is 2.20. The van der Waals surface area contributed by atoms with Gasteiger partial charge in [0.05, 0.1) is 12.8 Å². The first-order valence-corrected chi connectivity index (χ1v) is 7.32. The summed E-state index contributed by atoms with van der Waals surface area (Å²) in [5, 5.41) is 6.61. The lowest BCUT2D eigenvalue weighted by Crippen LogP contribution is -2.23. The third-order valence-corrected chi connectivity index (χ3v) is 3.65. The number of nitrogens with zero attached hydrogens (tertiary/aromatic N) is 1.